The van der Waals surface area contributed by atoms with E-state index in [4.69, 9.17) is 9.47 Å². The maximum atomic E-state index is 13.4. The first kappa shape index (κ1) is 44.5. The van der Waals surface area contributed by atoms with Crippen LogP contribution >= 0.6 is 0 Å². The highest BCUT2D eigenvalue weighted by molar-refractivity contribution is 5.83. The van der Waals surface area contributed by atoms with Gasteiger partial charge in [0, 0.05) is 20.1 Å². The van der Waals surface area contributed by atoms with E-state index >= 15 is 0 Å². The van der Waals surface area contributed by atoms with Crippen molar-refractivity contribution < 1.29 is 24.5 Å². The van der Waals surface area contributed by atoms with Crippen LogP contribution in [-0.2, 0) is 14.3 Å². The summed E-state index contributed by atoms with van der Waals surface area (Å²) in [6, 6.07) is -0.730. The van der Waals surface area contributed by atoms with Gasteiger partial charge in [0.25, 0.3) is 0 Å². The number of aliphatic hydroxyl groups excluding tert-OH is 2. The highest BCUT2D eigenvalue weighted by Gasteiger charge is 2.44. The minimum absolute atomic E-state index is 0.240. The Morgan fingerprint density at radius 3 is 1.53 bits per heavy atom. The Labute approximate surface area is 291 Å². The molecule has 0 amide bonds. The standard InChI is InChI=1S/C40H80N2O5/c1-5-8-10-12-14-16-17-18-19-20-21-23-24-26-28-30-34(35(43)31-29-27-25-22-15-13-11-9-6-2)42-33-36-38(44)39(45)37(41-32-7-3)40(46-4)47-36/h34,36-42,44-45H,5-33H2,1-4H3/t34?,36-,37-,38-,39-,40+/m1/s1. The molecule has 1 heterocycles. The molecule has 4 N–H and O–H groups in total. The summed E-state index contributed by atoms with van der Waals surface area (Å²) >= 11 is 0. The second-order valence-electron chi connectivity index (χ2n) is 14.5. The molecule has 0 spiro atoms. The number of ketones is 1. The van der Waals surface area contributed by atoms with Crippen LogP contribution in [0.2, 0.25) is 0 Å². The molecule has 7 heteroatoms. The van der Waals surface area contributed by atoms with Gasteiger partial charge in [-0.2, -0.15) is 0 Å². The zero-order valence-electron chi connectivity index (χ0n) is 31.6. The molecule has 0 aromatic heterocycles. The molecule has 1 saturated heterocycles. The zero-order valence-corrected chi connectivity index (χ0v) is 31.6. The zero-order chi connectivity index (χ0) is 34.4. The molecule has 6 atom stereocenters. The summed E-state index contributed by atoms with van der Waals surface area (Å²) in [7, 11) is 1.56. The number of ether oxygens (including phenoxy) is 2. The van der Waals surface area contributed by atoms with Gasteiger partial charge in [-0.25, -0.2) is 0 Å². The average Bonchev–Trinajstić information content (AvgIpc) is 3.08. The van der Waals surface area contributed by atoms with Crippen LogP contribution in [0.5, 0.6) is 0 Å². The quantitative estimate of drug-likeness (QED) is 0.0508. The van der Waals surface area contributed by atoms with E-state index < -0.39 is 30.6 Å². The topological polar surface area (TPSA) is 100 Å². The maximum Gasteiger partial charge on any atom is 0.175 e. The largest absolute Gasteiger partial charge is 0.388 e. The van der Waals surface area contributed by atoms with Crippen molar-refractivity contribution in [3.05, 3.63) is 0 Å². The fraction of sp³-hybridized carbons (Fsp3) is 0.975. The van der Waals surface area contributed by atoms with Gasteiger partial charge < -0.3 is 30.3 Å². The Kier molecular flexibility index (Phi) is 29.7. The normalized spacial score (nSPS) is 22.1. The van der Waals surface area contributed by atoms with Crippen molar-refractivity contribution in [2.45, 2.75) is 231 Å². The van der Waals surface area contributed by atoms with Crippen LogP contribution in [-0.4, -0.2) is 72.9 Å². The van der Waals surface area contributed by atoms with E-state index in [0.717, 1.165) is 38.5 Å². The summed E-state index contributed by atoms with van der Waals surface area (Å²) in [5, 5.41) is 28.4. The van der Waals surface area contributed by atoms with Gasteiger partial charge in [0.1, 0.15) is 24.1 Å². The van der Waals surface area contributed by atoms with Crippen molar-refractivity contribution in [2.24, 2.45) is 0 Å². The summed E-state index contributed by atoms with van der Waals surface area (Å²) in [5.74, 6) is 0.273. The third-order valence-corrected chi connectivity index (χ3v) is 10.1. The number of Topliss-reactive ketones (excluding diaryl/α,β-unsaturated/α-hetero) is 1. The van der Waals surface area contributed by atoms with Crippen molar-refractivity contribution in [2.75, 3.05) is 20.2 Å². The summed E-state index contributed by atoms with van der Waals surface area (Å²) < 4.78 is 11.6. The lowest BCUT2D eigenvalue weighted by Crippen LogP contribution is -2.65. The fourth-order valence-corrected chi connectivity index (χ4v) is 6.97. The van der Waals surface area contributed by atoms with Crippen molar-refractivity contribution in [1.82, 2.24) is 10.6 Å². The van der Waals surface area contributed by atoms with Crippen LogP contribution in [0.25, 0.3) is 0 Å². The molecule has 1 unspecified atom stereocenters. The molecule has 0 bridgehead atoms. The minimum Gasteiger partial charge on any atom is -0.388 e. The Bertz CT molecular complexity index is 694. The molecular weight excluding hydrogens is 588 g/mol. The van der Waals surface area contributed by atoms with E-state index in [-0.39, 0.29) is 11.8 Å². The first-order valence-electron chi connectivity index (χ1n) is 20.5. The highest BCUT2D eigenvalue weighted by Crippen LogP contribution is 2.23. The van der Waals surface area contributed by atoms with Crippen LogP contribution in [0.15, 0.2) is 0 Å². The SMILES string of the molecule is CCCCCCCCCCCCCCCCCC(NC[C@H]1O[C@H](OC)[C@H](NCCC)[C@@H](O)[C@@H]1O)C(=O)CCCCCCCCCCC. The Morgan fingerprint density at radius 1 is 0.638 bits per heavy atom. The Balaban J connectivity index is 2.43. The van der Waals surface area contributed by atoms with Crippen LogP contribution in [0.4, 0.5) is 0 Å². The molecule has 1 aliphatic rings. The number of hydrogen-bond donors (Lipinski definition) is 4. The molecule has 0 saturated carbocycles. The van der Waals surface area contributed by atoms with Crippen LogP contribution in [0.1, 0.15) is 194 Å². The summed E-state index contributed by atoms with van der Waals surface area (Å²) in [6.45, 7) is 7.60. The lowest BCUT2D eigenvalue weighted by molar-refractivity contribution is -0.255. The van der Waals surface area contributed by atoms with Gasteiger partial charge in [0.2, 0.25) is 0 Å². The van der Waals surface area contributed by atoms with Gasteiger partial charge in [-0.1, -0.05) is 168 Å². The first-order valence-corrected chi connectivity index (χ1v) is 20.5. The van der Waals surface area contributed by atoms with Gasteiger partial charge in [0.05, 0.1) is 12.1 Å². The third-order valence-electron chi connectivity index (χ3n) is 10.1. The molecule has 1 rings (SSSR count). The molecule has 7 nitrogen and oxygen atoms in total. The predicted octanol–water partition coefficient (Wildman–Crippen LogP) is 9.16. The number of nitrogens with one attached hydrogen (secondary N) is 2. The lowest BCUT2D eigenvalue weighted by atomic mass is 9.95. The Hall–Kier alpha value is -0.570. The fourth-order valence-electron chi connectivity index (χ4n) is 6.97. The molecule has 1 aliphatic heterocycles. The number of carbonyl (C=O) groups is 1. The van der Waals surface area contributed by atoms with E-state index in [1.165, 1.54) is 128 Å². The van der Waals surface area contributed by atoms with Crippen molar-refractivity contribution in [1.29, 1.82) is 0 Å². The number of rotatable bonds is 34. The van der Waals surface area contributed by atoms with Crippen molar-refractivity contribution >= 4 is 5.78 Å². The third kappa shape index (κ3) is 22.0. The van der Waals surface area contributed by atoms with E-state index in [9.17, 15) is 15.0 Å². The smallest absolute Gasteiger partial charge is 0.175 e. The van der Waals surface area contributed by atoms with E-state index in [1.54, 1.807) is 7.11 Å². The molecule has 0 aromatic carbocycles. The van der Waals surface area contributed by atoms with Gasteiger partial charge in [-0.15, -0.1) is 0 Å². The summed E-state index contributed by atoms with van der Waals surface area (Å²) in [5.41, 5.74) is 0. The first-order chi connectivity index (χ1) is 23.0. The number of carbonyl (C=O) groups excluding carboxylic acids is 1. The van der Waals surface area contributed by atoms with Gasteiger partial charge in [-0.3, -0.25) is 4.79 Å². The molecule has 0 aromatic rings. The summed E-state index contributed by atoms with van der Waals surface area (Å²) in [6.07, 6.45) is 30.0. The maximum absolute atomic E-state index is 13.4. The molecule has 1 fully saturated rings. The van der Waals surface area contributed by atoms with Gasteiger partial charge in [0.15, 0.2) is 6.29 Å². The minimum atomic E-state index is -1.05. The van der Waals surface area contributed by atoms with Crippen molar-refractivity contribution in [3.63, 3.8) is 0 Å². The predicted molar refractivity (Wildman–Crippen MR) is 198 cm³/mol. The second kappa shape index (κ2) is 31.4. The molecule has 0 aliphatic carbocycles. The Morgan fingerprint density at radius 2 is 1.09 bits per heavy atom. The van der Waals surface area contributed by atoms with Crippen LogP contribution in [0, 0.1) is 0 Å². The lowest BCUT2D eigenvalue weighted by Gasteiger charge is -2.43. The number of hydrogen-bond acceptors (Lipinski definition) is 7. The van der Waals surface area contributed by atoms with E-state index in [0.29, 0.717) is 19.5 Å². The van der Waals surface area contributed by atoms with Crippen molar-refractivity contribution in [3.8, 4) is 0 Å². The number of aliphatic hydroxyl groups is 2. The highest BCUT2D eigenvalue weighted by atomic mass is 16.7. The molecule has 47 heavy (non-hydrogen) atoms. The second-order valence-corrected chi connectivity index (χ2v) is 14.5. The number of methoxy groups -OCH3 is 1. The van der Waals surface area contributed by atoms with E-state index in [2.05, 4.69) is 31.4 Å². The van der Waals surface area contributed by atoms with Crippen LogP contribution in [0.3, 0.4) is 0 Å². The van der Waals surface area contributed by atoms with Gasteiger partial charge >= 0.3 is 0 Å². The summed E-state index contributed by atoms with van der Waals surface area (Å²) in [4.78, 5) is 13.4. The van der Waals surface area contributed by atoms with Crippen LogP contribution < -0.4 is 10.6 Å². The molecule has 0 radical (unpaired) electrons. The average molecular weight is 669 g/mol. The molecular formula is C40H80N2O5. The molecule has 280 valence electrons. The van der Waals surface area contributed by atoms with Gasteiger partial charge in [-0.05, 0) is 25.8 Å². The monoisotopic (exact) mass is 669 g/mol. The van der Waals surface area contributed by atoms with E-state index in [1.807, 2.05) is 0 Å². The number of unbranched alkanes of at least 4 members (excludes halogenated alkanes) is 22.